The summed E-state index contributed by atoms with van der Waals surface area (Å²) in [6.07, 6.45) is 1.67. The molecular formula is C20H16NO4S2-. The molecule has 5 nitrogen and oxygen atoms in total. The molecule has 0 bridgehead atoms. The summed E-state index contributed by atoms with van der Waals surface area (Å²) in [5, 5.41) is 11.1. The van der Waals surface area contributed by atoms with Gasteiger partial charge in [0.1, 0.15) is 16.7 Å². The van der Waals surface area contributed by atoms with Crippen molar-refractivity contribution in [2.75, 3.05) is 0 Å². The van der Waals surface area contributed by atoms with Gasteiger partial charge in [0.05, 0.1) is 16.9 Å². The number of carboxylic acids is 1. The van der Waals surface area contributed by atoms with Crippen molar-refractivity contribution in [2.24, 2.45) is 0 Å². The first kappa shape index (κ1) is 19.1. The Kier molecular flexibility index (Phi) is 5.93. The molecule has 2 aromatic rings. The van der Waals surface area contributed by atoms with Gasteiger partial charge in [-0.25, -0.2) is 0 Å². The van der Waals surface area contributed by atoms with Gasteiger partial charge in [-0.1, -0.05) is 72.5 Å². The molecule has 1 aliphatic rings. The lowest BCUT2D eigenvalue weighted by Gasteiger charge is -2.23. The Morgan fingerprint density at radius 3 is 2.59 bits per heavy atom. The van der Waals surface area contributed by atoms with Crippen molar-refractivity contribution in [1.82, 2.24) is 4.90 Å². The first-order valence-electron chi connectivity index (χ1n) is 8.21. The van der Waals surface area contributed by atoms with Gasteiger partial charge in [-0.2, -0.15) is 0 Å². The predicted molar refractivity (Wildman–Crippen MR) is 107 cm³/mol. The molecule has 0 aromatic heterocycles. The lowest BCUT2D eigenvalue weighted by Crippen LogP contribution is -2.48. The highest BCUT2D eigenvalue weighted by molar-refractivity contribution is 8.26. The average Bonchev–Trinajstić information content (AvgIpc) is 2.94. The molecule has 0 radical (unpaired) electrons. The minimum atomic E-state index is -1.35. The van der Waals surface area contributed by atoms with Crippen LogP contribution in [0.3, 0.4) is 0 Å². The third-order valence-electron chi connectivity index (χ3n) is 3.99. The topological polar surface area (TPSA) is 69.7 Å². The van der Waals surface area contributed by atoms with Crippen molar-refractivity contribution in [3.8, 4) is 5.75 Å². The number of hydrogen-bond acceptors (Lipinski definition) is 6. The molecule has 1 amide bonds. The normalized spacial score (nSPS) is 16.6. The van der Waals surface area contributed by atoms with Crippen molar-refractivity contribution >= 4 is 46.3 Å². The number of nitrogens with zero attached hydrogens (tertiary/aromatic N) is 1. The van der Waals surface area contributed by atoms with E-state index < -0.39 is 17.9 Å². The summed E-state index contributed by atoms with van der Waals surface area (Å²) in [5.74, 6) is -1.17. The zero-order valence-corrected chi connectivity index (χ0v) is 16.1. The van der Waals surface area contributed by atoms with Gasteiger partial charge in [0.25, 0.3) is 5.91 Å². The third-order valence-corrected chi connectivity index (χ3v) is 5.33. The highest BCUT2D eigenvalue weighted by Gasteiger charge is 2.35. The average molecular weight is 398 g/mol. The minimum Gasteiger partial charge on any atom is -0.548 e. The van der Waals surface area contributed by atoms with Crippen LogP contribution in [0.15, 0.2) is 59.5 Å². The van der Waals surface area contributed by atoms with E-state index in [1.165, 1.54) is 6.92 Å². The summed E-state index contributed by atoms with van der Waals surface area (Å²) < 4.78 is 6.09. The fourth-order valence-corrected chi connectivity index (χ4v) is 3.94. The number of carbonyl (C=O) groups excluding carboxylic acids is 2. The maximum Gasteiger partial charge on any atom is 0.266 e. The summed E-state index contributed by atoms with van der Waals surface area (Å²) in [6, 6.07) is 16.0. The number of aliphatic carboxylic acids is 1. The number of thioether (sulfide) groups is 1. The van der Waals surface area contributed by atoms with Gasteiger partial charge in [0.2, 0.25) is 0 Å². The van der Waals surface area contributed by atoms with Gasteiger partial charge in [-0.05, 0) is 24.6 Å². The lowest BCUT2D eigenvalue weighted by atomic mass is 10.1. The highest BCUT2D eigenvalue weighted by Crippen LogP contribution is 2.35. The standard InChI is InChI=1S/C20H17NO4S2/c1-13(19(23)24)21-18(22)17(27-20(21)26)11-15-9-5-6-10-16(15)25-12-14-7-3-2-4-8-14/h2-11,13H,12H2,1H3,(H,23,24)/p-1. The molecule has 27 heavy (non-hydrogen) atoms. The summed E-state index contributed by atoms with van der Waals surface area (Å²) >= 11 is 6.23. The first-order valence-corrected chi connectivity index (χ1v) is 9.43. The molecule has 1 atom stereocenters. The smallest absolute Gasteiger partial charge is 0.266 e. The van der Waals surface area contributed by atoms with Gasteiger partial charge in [-0.3, -0.25) is 9.69 Å². The molecule has 138 valence electrons. The SMILES string of the molecule is CC(C(=O)[O-])N1C(=O)C(=Cc2ccccc2OCc2ccccc2)SC1=S. The molecule has 0 N–H and O–H groups in total. The van der Waals surface area contributed by atoms with Gasteiger partial charge in [-0.15, -0.1) is 0 Å². The van der Waals surface area contributed by atoms with Gasteiger partial charge in [0.15, 0.2) is 0 Å². The van der Waals surface area contributed by atoms with Crippen molar-refractivity contribution in [1.29, 1.82) is 0 Å². The van der Waals surface area contributed by atoms with Crippen LogP contribution >= 0.6 is 24.0 Å². The maximum absolute atomic E-state index is 12.6. The van der Waals surface area contributed by atoms with Gasteiger partial charge < -0.3 is 14.6 Å². The van der Waals surface area contributed by atoms with Crippen LogP contribution in [0.2, 0.25) is 0 Å². The highest BCUT2D eigenvalue weighted by atomic mass is 32.2. The number of hydrogen-bond donors (Lipinski definition) is 0. The van der Waals surface area contributed by atoms with Crippen LogP contribution in [-0.2, 0) is 16.2 Å². The summed E-state index contributed by atoms with van der Waals surface area (Å²) in [6.45, 7) is 1.77. The number of carbonyl (C=O) groups is 2. The van der Waals surface area contributed by atoms with E-state index in [1.54, 1.807) is 6.08 Å². The molecule has 0 aliphatic carbocycles. The molecule has 2 aromatic carbocycles. The Morgan fingerprint density at radius 2 is 1.89 bits per heavy atom. The molecule has 1 saturated heterocycles. The first-order chi connectivity index (χ1) is 13.0. The van der Waals surface area contributed by atoms with Crippen LogP contribution in [0.4, 0.5) is 0 Å². The molecular weight excluding hydrogens is 382 g/mol. The Hall–Kier alpha value is -2.64. The van der Waals surface area contributed by atoms with Crippen molar-refractivity contribution < 1.29 is 19.4 Å². The van der Waals surface area contributed by atoms with Gasteiger partial charge >= 0.3 is 0 Å². The van der Waals surface area contributed by atoms with Crippen molar-refractivity contribution in [3.05, 3.63) is 70.6 Å². The van der Waals surface area contributed by atoms with Crippen molar-refractivity contribution in [3.63, 3.8) is 0 Å². The van der Waals surface area contributed by atoms with E-state index in [0.29, 0.717) is 17.3 Å². The molecule has 1 unspecified atom stereocenters. The Labute approximate surface area is 166 Å². The van der Waals surface area contributed by atoms with Crippen LogP contribution in [-0.4, -0.2) is 27.1 Å². The fourth-order valence-electron chi connectivity index (χ4n) is 2.53. The fraction of sp³-hybridized carbons (Fsp3) is 0.150. The molecule has 3 rings (SSSR count). The van der Waals surface area contributed by atoms with E-state index in [-0.39, 0.29) is 4.32 Å². The van der Waals surface area contributed by atoms with E-state index in [2.05, 4.69) is 0 Å². The van der Waals surface area contributed by atoms with Crippen LogP contribution in [0, 0.1) is 0 Å². The number of benzene rings is 2. The van der Waals surface area contributed by atoms with E-state index >= 15 is 0 Å². The van der Waals surface area contributed by atoms with Crippen molar-refractivity contribution in [2.45, 2.75) is 19.6 Å². The second kappa shape index (κ2) is 8.37. The maximum atomic E-state index is 12.6. The largest absolute Gasteiger partial charge is 0.548 e. The van der Waals surface area contributed by atoms with E-state index in [1.807, 2.05) is 54.6 Å². The Morgan fingerprint density at radius 1 is 1.22 bits per heavy atom. The Balaban J connectivity index is 1.82. The Bertz CT molecular complexity index is 911. The predicted octanol–water partition coefficient (Wildman–Crippen LogP) is 2.61. The van der Waals surface area contributed by atoms with Gasteiger partial charge in [0, 0.05) is 5.56 Å². The number of ether oxygens (including phenoxy) is 1. The monoisotopic (exact) mass is 398 g/mol. The van der Waals surface area contributed by atoms with E-state index in [0.717, 1.165) is 27.8 Å². The van der Waals surface area contributed by atoms with Crippen LogP contribution in [0.5, 0.6) is 5.75 Å². The summed E-state index contributed by atoms with van der Waals surface area (Å²) in [5.41, 5.74) is 1.75. The number of carboxylic acid groups (broad SMARTS) is 1. The van der Waals surface area contributed by atoms with Crippen LogP contribution in [0.25, 0.3) is 6.08 Å². The number of thiocarbonyl (C=S) groups is 1. The third kappa shape index (κ3) is 4.37. The number of para-hydroxylation sites is 1. The second-order valence-corrected chi connectivity index (χ2v) is 7.53. The summed E-state index contributed by atoms with van der Waals surface area (Å²) in [4.78, 5) is 25.1. The molecule has 0 spiro atoms. The number of rotatable bonds is 6. The van der Waals surface area contributed by atoms with E-state index in [9.17, 15) is 14.7 Å². The lowest BCUT2D eigenvalue weighted by molar-refractivity contribution is -0.309. The molecule has 1 aliphatic heterocycles. The quantitative estimate of drug-likeness (QED) is 0.550. The number of amides is 1. The van der Waals surface area contributed by atoms with E-state index in [4.69, 9.17) is 17.0 Å². The molecule has 7 heteroatoms. The zero-order valence-electron chi connectivity index (χ0n) is 14.5. The molecule has 1 fully saturated rings. The second-order valence-electron chi connectivity index (χ2n) is 5.86. The molecule has 1 heterocycles. The van der Waals surface area contributed by atoms with Crippen LogP contribution in [0.1, 0.15) is 18.1 Å². The zero-order chi connectivity index (χ0) is 19.4. The minimum absolute atomic E-state index is 0.200. The van der Waals surface area contributed by atoms with Crippen LogP contribution < -0.4 is 9.84 Å². The molecule has 0 saturated carbocycles. The summed E-state index contributed by atoms with van der Waals surface area (Å²) in [7, 11) is 0.